The van der Waals surface area contributed by atoms with Gasteiger partial charge in [0, 0.05) is 10.7 Å². The lowest BCUT2D eigenvalue weighted by Crippen LogP contribution is -2.08. The molecule has 120 valence electrons. The first-order chi connectivity index (χ1) is 9.65. The third-order valence-corrected chi connectivity index (χ3v) is 3.69. The lowest BCUT2D eigenvalue weighted by molar-refractivity contribution is 0.256. The number of halogens is 6. The number of hydrogen-bond donors (Lipinski definition) is 0. The maximum Gasteiger partial charge on any atom is 0.232 e. The predicted molar refractivity (Wildman–Crippen MR) is 65.2 cm³/mol. The SMILES string of the molecule is O=S(=O)(Cl)CCCCCOc1c(F)c(F)c(F)c(F)c1F. The molecule has 0 aromatic heterocycles. The van der Waals surface area contributed by atoms with Crippen molar-refractivity contribution in [1.82, 2.24) is 0 Å². The van der Waals surface area contributed by atoms with Crippen LogP contribution in [0.15, 0.2) is 0 Å². The van der Waals surface area contributed by atoms with Crippen molar-refractivity contribution in [3.8, 4) is 5.75 Å². The molecule has 0 radical (unpaired) electrons. The van der Waals surface area contributed by atoms with Crippen molar-refractivity contribution < 1.29 is 35.1 Å². The second-order valence-corrected chi connectivity index (χ2v) is 6.95. The number of hydrogen-bond acceptors (Lipinski definition) is 3. The highest BCUT2D eigenvalue weighted by molar-refractivity contribution is 8.13. The number of unbranched alkanes of at least 4 members (excludes halogenated alkanes) is 2. The standard InChI is InChI=1S/C11H10ClF5O3S/c12-21(18,19)5-3-1-2-4-20-11-9(16)7(14)6(13)8(15)10(11)17/h1-5H2. The average molecular weight is 353 g/mol. The Balaban J connectivity index is 2.57. The van der Waals surface area contributed by atoms with Crippen LogP contribution in [0.1, 0.15) is 19.3 Å². The maximum absolute atomic E-state index is 13.2. The number of benzene rings is 1. The molecule has 0 aliphatic rings. The Morgan fingerprint density at radius 3 is 1.76 bits per heavy atom. The fourth-order valence-electron chi connectivity index (χ4n) is 1.44. The summed E-state index contributed by atoms with van der Waals surface area (Å²) < 4.78 is 90.5. The van der Waals surface area contributed by atoms with Crippen LogP contribution >= 0.6 is 10.7 Å². The van der Waals surface area contributed by atoms with Crippen molar-refractivity contribution in [2.45, 2.75) is 19.3 Å². The molecule has 0 bridgehead atoms. The molecule has 0 fully saturated rings. The van der Waals surface area contributed by atoms with Crippen LogP contribution in [0.5, 0.6) is 5.75 Å². The van der Waals surface area contributed by atoms with E-state index < -0.39 is 43.9 Å². The Morgan fingerprint density at radius 1 is 0.810 bits per heavy atom. The second kappa shape index (κ2) is 7.26. The van der Waals surface area contributed by atoms with E-state index in [0.29, 0.717) is 6.42 Å². The highest BCUT2D eigenvalue weighted by Crippen LogP contribution is 2.29. The van der Waals surface area contributed by atoms with Gasteiger partial charge in [-0.1, -0.05) is 0 Å². The zero-order valence-corrected chi connectivity index (χ0v) is 12.0. The first kappa shape index (κ1) is 18.0. The zero-order valence-electron chi connectivity index (χ0n) is 10.4. The van der Waals surface area contributed by atoms with Gasteiger partial charge in [-0.2, -0.15) is 8.78 Å². The van der Waals surface area contributed by atoms with E-state index in [9.17, 15) is 30.4 Å². The van der Waals surface area contributed by atoms with Crippen LogP contribution in [0.25, 0.3) is 0 Å². The molecule has 0 aliphatic carbocycles. The second-order valence-electron chi connectivity index (χ2n) is 4.05. The molecule has 1 aromatic carbocycles. The van der Waals surface area contributed by atoms with Crippen LogP contribution in [0.2, 0.25) is 0 Å². The van der Waals surface area contributed by atoms with Crippen LogP contribution in [-0.4, -0.2) is 20.8 Å². The van der Waals surface area contributed by atoms with Gasteiger partial charge < -0.3 is 4.74 Å². The van der Waals surface area contributed by atoms with E-state index in [1.807, 2.05) is 0 Å². The number of rotatable bonds is 7. The fourth-order valence-corrected chi connectivity index (χ4v) is 2.32. The summed E-state index contributed by atoms with van der Waals surface area (Å²) in [6.07, 6.45) is 0.638. The van der Waals surface area contributed by atoms with Gasteiger partial charge in [0.25, 0.3) is 0 Å². The van der Waals surface area contributed by atoms with Crippen molar-refractivity contribution in [1.29, 1.82) is 0 Å². The number of ether oxygens (including phenoxy) is 1. The summed E-state index contributed by atoms with van der Waals surface area (Å²) in [5.41, 5.74) is 0. The molecule has 0 saturated heterocycles. The van der Waals surface area contributed by atoms with Crippen LogP contribution < -0.4 is 4.74 Å². The molecule has 1 rings (SSSR count). The molecule has 10 heteroatoms. The fraction of sp³-hybridized carbons (Fsp3) is 0.455. The third kappa shape index (κ3) is 4.99. The molecule has 0 spiro atoms. The molecule has 0 heterocycles. The van der Waals surface area contributed by atoms with Gasteiger partial charge in [-0.15, -0.1) is 0 Å². The van der Waals surface area contributed by atoms with Crippen molar-refractivity contribution in [3.05, 3.63) is 29.1 Å². The quantitative estimate of drug-likeness (QED) is 0.248. The van der Waals surface area contributed by atoms with Crippen LogP contribution in [-0.2, 0) is 9.05 Å². The van der Waals surface area contributed by atoms with Crippen LogP contribution in [0.4, 0.5) is 22.0 Å². The van der Waals surface area contributed by atoms with E-state index in [4.69, 9.17) is 10.7 Å². The first-order valence-electron chi connectivity index (χ1n) is 5.71. The largest absolute Gasteiger partial charge is 0.487 e. The van der Waals surface area contributed by atoms with Crippen molar-refractivity contribution in [2.75, 3.05) is 12.4 Å². The van der Waals surface area contributed by atoms with Crippen molar-refractivity contribution in [3.63, 3.8) is 0 Å². The molecule has 1 aromatic rings. The maximum atomic E-state index is 13.2. The Bertz CT molecular complexity index is 592. The lowest BCUT2D eigenvalue weighted by atomic mass is 10.2. The average Bonchev–Trinajstić information content (AvgIpc) is 2.40. The summed E-state index contributed by atoms with van der Waals surface area (Å²) in [6, 6.07) is 0. The van der Waals surface area contributed by atoms with Gasteiger partial charge >= 0.3 is 0 Å². The van der Waals surface area contributed by atoms with E-state index in [1.165, 1.54) is 0 Å². The van der Waals surface area contributed by atoms with E-state index in [1.54, 1.807) is 0 Å². The Morgan fingerprint density at radius 2 is 1.29 bits per heavy atom. The highest BCUT2D eigenvalue weighted by Gasteiger charge is 2.26. The molecular formula is C11H10ClF5O3S. The van der Waals surface area contributed by atoms with Gasteiger partial charge in [0.1, 0.15) is 0 Å². The van der Waals surface area contributed by atoms with E-state index in [0.717, 1.165) is 0 Å². The lowest BCUT2D eigenvalue weighted by Gasteiger charge is -2.10. The summed E-state index contributed by atoms with van der Waals surface area (Å²) in [5.74, 6) is -12.2. The smallest absolute Gasteiger partial charge is 0.232 e. The predicted octanol–water partition coefficient (Wildman–Crippen LogP) is 3.50. The van der Waals surface area contributed by atoms with Gasteiger partial charge in [-0.3, -0.25) is 0 Å². The van der Waals surface area contributed by atoms with Crippen LogP contribution in [0, 0.1) is 29.1 Å². The Kier molecular flexibility index (Phi) is 6.21. The Hall–Kier alpha value is -1.09. The van der Waals surface area contributed by atoms with Gasteiger partial charge in [-0.05, 0) is 19.3 Å². The summed E-state index contributed by atoms with van der Waals surface area (Å²) in [6.45, 7) is -0.333. The van der Waals surface area contributed by atoms with Crippen LogP contribution in [0.3, 0.4) is 0 Å². The molecule has 3 nitrogen and oxygen atoms in total. The normalized spacial score (nSPS) is 11.7. The monoisotopic (exact) mass is 352 g/mol. The van der Waals surface area contributed by atoms with Crippen molar-refractivity contribution in [2.24, 2.45) is 0 Å². The van der Waals surface area contributed by atoms with E-state index >= 15 is 0 Å². The summed E-state index contributed by atoms with van der Waals surface area (Å²) in [4.78, 5) is 0. The highest BCUT2D eigenvalue weighted by atomic mass is 35.7. The molecule has 0 amide bonds. The topological polar surface area (TPSA) is 43.4 Å². The Labute approximate surface area is 122 Å². The molecule has 0 atom stereocenters. The molecule has 0 unspecified atom stereocenters. The minimum atomic E-state index is -3.62. The van der Waals surface area contributed by atoms with Gasteiger partial charge in [0.2, 0.25) is 38.1 Å². The summed E-state index contributed by atoms with van der Waals surface area (Å²) in [7, 11) is 1.33. The molecule has 21 heavy (non-hydrogen) atoms. The molecule has 0 N–H and O–H groups in total. The van der Waals surface area contributed by atoms with Gasteiger partial charge in [0.15, 0.2) is 5.75 Å². The van der Waals surface area contributed by atoms with E-state index in [-0.39, 0.29) is 25.2 Å². The summed E-state index contributed by atoms with van der Waals surface area (Å²) in [5, 5.41) is 0. The van der Waals surface area contributed by atoms with Crippen molar-refractivity contribution >= 4 is 19.7 Å². The minimum absolute atomic E-state index is 0.159. The van der Waals surface area contributed by atoms with E-state index in [2.05, 4.69) is 4.74 Å². The molecular weight excluding hydrogens is 343 g/mol. The molecule has 0 saturated carbocycles. The zero-order chi connectivity index (χ0) is 16.2. The van der Waals surface area contributed by atoms with Gasteiger partial charge in [-0.25, -0.2) is 21.6 Å². The third-order valence-electron chi connectivity index (χ3n) is 2.45. The minimum Gasteiger partial charge on any atom is -0.487 e. The first-order valence-corrected chi connectivity index (χ1v) is 8.19. The summed E-state index contributed by atoms with van der Waals surface area (Å²) >= 11 is 0. The molecule has 0 aliphatic heterocycles. The van der Waals surface area contributed by atoms with Gasteiger partial charge in [0.05, 0.1) is 12.4 Å².